The number of hydrogen-bond acceptors (Lipinski definition) is 4. The number of nitrogens with zero attached hydrogens (tertiary/aromatic N) is 4. The molecule has 2 rings (SSSR count). The van der Waals surface area contributed by atoms with Crippen LogP contribution in [-0.4, -0.2) is 20.0 Å². The van der Waals surface area contributed by atoms with Gasteiger partial charge >= 0.3 is 0 Å². The predicted octanol–water partition coefficient (Wildman–Crippen LogP) is 0.861. The summed E-state index contributed by atoms with van der Waals surface area (Å²) in [5, 5.41) is 8.18. The van der Waals surface area contributed by atoms with E-state index in [-0.39, 0.29) is 0 Å². The van der Waals surface area contributed by atoms with Gasteiger partial charge in [-0.2, -0.15) is 0 Å². The smallest absolute Gasteiger partial charge is 0.174 e. The molecule has 0 amide bonds. The van der Waals surface area contributed by atoms with E-state index in [0.717, 1.165) is 5.69 Å². The van der Waals surface area contributed by atoms with Crippen LogP contribution in [0.25, 0.3) is 5.82 Å². The summed E-state index contributed by atoms with van der Waals surface area (Å²) in [7, 11) is 0. The van der Waals surface area contributed by atoms with E-state index in [2.05, 4.69) is 15.2 Å². The van der Waals surface area contributed by atoms with Gasteiger partial charge < -0.3 is 5.73 Å². The Morgan fingerprint density at radius 1 is 1.21 bits per heavy atom. The summed E-state index contributed by atoms with van der Waals surface area (Å²) in [6.45, 7) is 3.73. The second-order valence-corrected chi connectivity index (χ2v) is 3.10. The molecule has 0 aliphatic rings. The Hall–Kier alpha value is -1.91. The molecule has 0 atom stereocenters. The highest BCUT2D eigenvalue weighted by Crippen LogP contribution is 2.07. The molecular formula is C9H11N5. The summed E-state index contributed by atoms with van der Waals surface area (Å²) in [6.07, 6.45) is 0. The number of aryl methyl sites for hydroxylation is 2. The van der Waals surface area contributed by atoms with Gasteiger partial charge in [0.25, 0.3) is 0 Å². The van der Waals surface area contributed by atoms with Crippen LogP contribution in [0.4, 0.5) is 5.82 Å². The van der Waals surface area contributed by atoms with E-state index in [9.17, 15) is 0 Å². The van der Waals surface area contributed by atoms with Crippen LogP contribution in [0.3, 0.4) is 0 Å². The summed E-state index contributed by atoms with van der Waals surface area (Å²) in [4.78, 5) is 5.72. The Balaban J connectivity index is 2.49. The lowest BCUT2D eigenvalue weighted by molar-refractivity contribution is 0.722. The lowest BCUT2D eigenvalue weighted by atomic mass is 10.4. The van der Waals surface area contributed by atoms with Gasteiger partial charge in [0.1, 0.15) is 5.69 Å². The molecule has 0 bridgehead atoms. The molecule has 2 aromatic rings. The van der Waals surface area contributed by atoms with Crippen LogP contribution in [0.15, 0.2) is 18.2 Å². The molecule has 0 unspecified atom stereocenters. The van der Waals surface area contributed by atoms with E-state index in [4.69, 9.17) is 5.73 Å². The summed E-state index contributed by atoms with van der Waals surface area (Å²) >= 11 is 0. The van der Waals surface area contributed by atoms with Gasteiger partial charge in [-0.3, -0.25) is 0 Å². The fourth-order valence-electron chi connectivity index (χ4n) is 1.13. The Morgan fingerprint density at radius 3 is 2.57 bits per heavy atom. The summed E-state index contributed by atoms with van der Waals surface area (Å²) in [6, 6.07) is 5.67. The Labute approximate surface area is 81.6 Å². The summed E-state index contributed by atoms with van der Waals surface area (Å²) in [5.74, 6) is 1.12. The Kier molecular flexibility index (Phi) is 1.92. The van der Waals surface area contributed by atoms with Crippen LogP contribution in [0.5, 0.6) is 0 Å². The van der Waals surface area contributed by atoms with Crippen LogP contribution in [0, 0.1) is 13.8 Å². The molecule has 0 aromatic carbocycles. The highest BCUT2D eigenvalue weighted by Gasteiger charge is 2.05. The third-order valence-corrected chi connectivity index (χ3v) is 1.90. The molecule has 5 heteroatoms. The first-order valence-corrected chi connectivity index (χ1v) is 4.30. The molecule has 0 aliphatic heterocycles. The van der Waals surface area contributed by atoms with Crippen LogP contribution in [0.1, 0.15) is 11.4 Å². The van der Waals surface area contributed by atoms with Crippen LogP contribution in [-0.2, 0) is 0 Å². The minimum absolute atomic E-state index is 0.438. The van der Waals surface area contributed by atoms with Crippen molar-refractivity contribution in [1.29, 1.82) is 0 Å². The molecule has 0 fully saturated rings. The van der Waals surface area contributed by atoms with E-state index in [0.29, 0.717) is 17.3 Å². The van der Waals surface area contributed by atoms with Gasteiger partial charge in [0.2, 0.25) is 0 Å². The number of anilines is 1. The van der Waals surface area contributed by atoms with Gasteiger partial charge in [0.05, 0.1) is 0 Å². The number of pyridine rings is 1. The maximum atomic E-state index is 5.59. The third kappa shape index (κ3) is 1.44. The number of nitrogen functional groups attached to an aromatic ring is 1. The number of aromatic nitrogens is 4. The standard InChI is InChI=1S/C9H11N5/c1-6-4-3-5-8(11-6)14-12-7(2)9(10)13-14/h3-5H,1-2H3,(H2,10,13). The van der Waals surface area contributed by atoms with Gasteiger partial charge in [0, 0.05) is 5.69 Å². The van der Waals surface area contributed by atoms with E-state index in [1.807, 2.05) is 32.0 Å². The van der Waals surface area contributed by atoms with Gasteiger partial charge in [-0.1, -0.05) is 6.07 Å². The molecule has 0 spiro atoms. The lowest BCUT2D eigenvalue weighted by Gasteiger charge is -1.98. The van der Waals surface area contributed by atoms with Crippen LogP contribution in [0.2, 0.25) is 0 Å². The molecule has 5 nitrogen and oxygen atoms in total. The molecular weight excluding hydrogens is 178 g/mol. The molecule has 0 saturated heterocycles. The van der Waals surface area contributed by atoms with E-state index >= 15 is 0 Å². The summed E-state index contributed by atoms with van der Waals surface area (Å²) in [5.41, 5.74) is 7.24. The van der Waals surface area contributed by atoms with Gasteiger partial charge in [-0.05, 0) is 26.0 Å². The van der Waals surface area contributed by atoms with Crippen molar-refractivity contribution < 1.29 is 0 Å². The Morgan fingerprint density at radius 2 is 2.00 bits per heavy atom. The normalized spacial score (nSPS) is 10.4. The fourth-order valence-corrected chi connectivity index (χ4v) is 1.13. The second kappa shape index (κ2) is 3.10. The van der Waals surface area contributed by atoms with Crippen molar-refractivity contribution in [1.82, 2.24) is 20.0 Å². The minimum Gasteiger partial charge on any atom is -0.381 e. The molecule has 72 valence electrons. The van der Waals surface area contributed by atoms with E-state index in [1.54, 1.807) is 0 Å². The lowest BCUT2D eigenvalue weighted by Crippen LogP contribution is -2.02. The second-order valence-electron chi connectivity index (χ2n) is 3.10. The SMILES string of the molecule is Cc1cccc(-n2nc(C)c(N)n2)n1. The fraction of sp³-hybridized carbons (Fsp3) is 0.222. The first-order valence-electron chi connectivity index (χ1n) is 4.30. The molecule has 0 radical (unpaired) electrons. The Bertz CT molecular complexity index is 440. The van der Waals surface area contributed by atoms with Crippen molar-refractivity contribution >= 4 is 5.82 Å². The van der Waals surface area contributed by atoms with Crippen molar-refractivity contribution in [2.75, 3.05) is 5.73 Å². The number of hydrogen-bond donors (Lipinski definition) is 1. The van der Waals surface area contributed by atoms with Gasteiger partial charge in [0.15, 0.2) is 11.6 Å². The largest absolute Gasteiger partial charge is 0.381 e. The summed E-state index contributed by atoms with van der Waals surface area (Å²) < 4.78 is 0. The average molecular weight is 189 g/mol. The number of nitrogens with two attached hydrogens (primary N) is 1. The van der Waals surface area contributed by atoms with Crippen LogP contribution < -0.4 is 5.73 Å². The van der Waals surface area contributed by atoms with Crippen molar-refractivity contribution in [2.45, 2.75) is 13.8 Å². The van der Waals surface area contributed by atoms with Gasteiger partial charge in [-0.15, -0.1) is 15.0 Å². The molecule has 14 heavy (non-hydrogen) atoms. The zero-order chi connectivity index (χ0) is 10.1. The molecule has 0 aliphatic carbocycles. The maximum Gasteiger partial charge on any atom is 0.174 e. The van der Waals surface area contributed by atoms with E-state index in [1.165, 1.54) is 4.80 Å². The van der Waals surface area contributed by atoms with Crippen LogP contribution >= 0.6 is 0 Å². The zero-order valence-corrected chi connectivity index (χ0v) is 8.10. The maximum absolute atomic E-state index is 5.59. The van der Waals surface area contributed by atoms with Crippen molar-refractivity contribution in [2.24, 2.45) is 0 Å². The first kappa shape index (κ1) is 8.68. The minimum atomic E-state index is 0.438. The zero-order valence-electron chi connectivity index (χ0n) is 8.10. The molecule has 2 heterocycles. The van der Waals surface area contributed by atoms with Crippen molar-refractivity contribution in [3.8, 4) is 5.82 Å². The highest BCUT2D eigenvalue weighted by atomic mass is 15.5. The van der Waals surface area contributed by atoms with E-state index < -0.39 is 0 Å². The quantitative estimate of drug-likeness (QED) is 0.722. The number of rotatable bonds is 1. The highest BCUT2D eigenvalue weighted by molar-refractivity contribution is 5.33. The van der Waals surface area contributed by atoms with Gasteiger partial charge in [-0.25, -0.2) is 4.98 Å². The van der Waals surface area contributed by atoms with Crippen molar-refractivity contribution in [3.05, 3.63) is 29.6 Å². The monoisotopic (exact) mass is 189 g/mol. The first-order chi connectivity index (χ1) is 6.66. The molecule has 0 saturated carbocycles. The molecule has 2 aromatic heterocycles. The molecule has 2 N–H and O–H groups in total. The van der Waals surface area contributed by atoms with Crippen molar-refractivity contribution in [3.63, 3.8) is 0 Å². The third-order valence-electron chi connectivity index (χ3n) is 1.90. The predicted molar refractivity (Wildman–Crippen MR) is 53.0 cm³/mol. The topological polar surface area (TPSA) is 69.6 Å². The average Bonchev–Trinajstić information content (AvgIpc) is 2.47.